The van der Waals surface area contributed by atoms with E-state index < -0.39 is 5.54 Å². The summed E-state index contributed by atoms with van der Waals surface area (Å²) in [5.74, 6) is -0.256. The Hall–Kier alpha value is -1.61. The molecule has 0 spiro atoms. The van der Waals surface area contributed by atoms with Crippen LogP contribution in [0.4, 0.5) is 0 Å². The van der Waals surface area contributed by atoms with E-state index in [4.69, 9.17) is 4.74 Å². The molecule has 1 atom stereocenters. The smallest absolute Gasteiger partial charge is 0.330 e. The molecule has 0 saturated carbocycles. The van der Waals surface area contributed by atoms with Gasteiger partial charge in [-0.25, -0.2) is 4.79 Å². The van der Waals surface area contributed by atoms with Crippen LogP contribution in [0, 0.1) is 0 Å². The Labute approximate surface area is 109 Å². The number of carbonyl (C=O) groups is 1. The highest BCUT2D eigenvalue weighted by molar-refractivity contribution is 5.83. The van der Waals surface area contributed by atoms with Crippen LogP contribution in [-0.4, -0.2) is 37.1 Å². The number of hydrogen-bond acceptors (Lipinski definition) is 3. The van der Waals surface area contributed by atoms with Crippen molar-refractivity contribution in [2.45, 2.75) is 18.9 Å². The lowest BCUT2D eigenvalue weighted by Gasteiger charge is -2.34. The molecule has 0 aromatic heterocycles. The van der Waals surface area contributed by atoms with E-state index in [1.165, 1.54) is 0 Å². The molecule has 0 aliphatic carbocycles. The minimum Gasteiger partial charge on any atom is -0.464 e. The molecule has 98 valence electrons. The minimum absolute atomic E-state index is 0.256. The summed E-state index contributed by atoms with van der Waals surface area (Å²) in [7, 11) is 3.73. The van der Waals surface area contributed by atoms with Crippen LogP contribution in [0.5, 0.6) is 0 Å². The summed E-state index contributed by atoms with van der Waals surface area (Å²) in [4.78, 5) is 14.1. The van der Waals surface area contributed by atoms with Crippen molar-refractivity contribution in [1.82, 2.24) is 4.90 Å². The normalized spacial score (nSPS) is 14.0. The van der Waals surface area contributed by atoms with Crippen molar-refractivity contribution in [1.29, 1.82) is 0 Å². The van der Waals surface area contributed by atoms with Crippen molar-refractivity contribution in [3.8, 4) is 0 Å². The lowest BCUT2D eigenvalue weighted by molar-refractivity contribution is -0.153. The van der Waals surface area contributed by atoms with Crippen LogP contribution in [0.25, 0.3) is 0 Å². The molecule has 0 fully saturated rings. The molecule has 0 saturated heterocycles. The molecular weight excluding hydrogens is 226 g/mol. The largest absolute Gasteiger partial charge is 0.464 e. The third-order valence-corrected chi connectivity index (χ3v) is 3.08. The number of ether oxygens (including phenoxy) is 1. The van der Waals surface area contributed by atoms with Crippen LogP contribution in [-0.2, 0) is 16.0 Å². The maximum atomic E-state index is 12.2. The van der Waals surface area contributed by atoms with Gasteiger partial charge in [-0.2, -0.15) is 0 Å². The third-order valence-electron chi connectivity index (χ3n) is 3.08. The van der Waals surface area contributed by atoms with E-state index in [9.17, 15) is 4.79 Å². The molecule has 0 radical (unpaired) electrons. The second-order valence-corrected chi connectivity index (χ2v) is 4.41. The first-order valence-corrected chi connectivity index (χ1v) is 6.09. The zero-order valence-corrected chi connectivity index (χ0v) is 11.3. The summed E-state index contributed by atoms with van der Waals surface area (Å²) in [6.07, 6.45) is 2.22. The number of rotatable bonds is 6. The topological polar surface area (TPSA) is 29.5 Å². The van der Waals surface area contributed by atoms with Crippen LogP contribution >= 0.6 is 0 Å². The Morgan fingerprint density at radius 3 is 2.44 bits per heavy atom. The maximum Gasteiger partial charge on any atom is 0.330 e. The molecule has 0 amide bonds. The SMILES string of the molecule is C=CC(Cc1ccccc1)(C(=O)OCC)N(C)C. The van der Waals surface area contributed by atoms with Gasteiger partial charge < -0.3 is 4.74 Å². The summed E-state index contributed by atoms with van der Waals surface area (Å²) in [6.45, 7) is 5.99. The number of benzene rings is 1. The van der Waals surface area contributed by atoms with Gasteiger partial charge in [0.2, 0.25) is 0 Å². The fraction of sp³-hybridized carbons (Fsp3) is 0.400. The predicted molar refractivity (Wildman–Crippen MR) is 73.4 cm³/mol. The number of hydrogen-bond donors (Lipinski definition) is 0. The molecule has 0 N–H and O–H groups in total. The molecule has 1 aromatic carbocycles. The van der Waals surface area contributed by atoms with E-state index in [0.717, 1.165) is 5.56 Å². The first kappa shape index (κ1) is 14.5. The highest BCUT2D eigenvalue weighted by Gasteiger charge is 2.39. The van der Waals surface area contributed by atoms with Crippen LogP contribution in [0.1, 0.15) is 12.5 Å². The van der Waals surface area contributed by atoms with Gasteiger partial charge >= 0.3 is 5.97 Å². The quantitative estimate of drug-likeness (QED) is 0.570. The van der Waals surface area contributed by atoms with Gasteiger partial charge in [-0.1, -0.05) is 36.4 Å². The molecule has 0 bridgehead atoms. The second kappa shape index (κ2) is 6.36. The van der Waals surface area contributed by atoms with Gasteiger partial charge in [0.1, 0.15) is 5.54 Å². The van der Waals surface area contributed by atoms with Crippen molar-refractivity contribution in [3.05, 3.63) is 48.6 Å². The number of carbonyl (C=O) groups excluding carboxylic acids is 1. The zero-order chi connectivity index (χ0) is 13.6. The van der Waals surface area contributed by atoms with Gasteiger partial charge in [0.15, 0.2) is 0 Å². The maximum absolute atomic E-state index is 12.2. The van der Waals surface area contributed by atoms with E-state index in [-0.39, 0.29) is 5.97 Å². The fourth-order valence-corrected chi connectivity index (χ4v) is 1.91. The van der Waals surface area contributed by atoms with Crippen LogP contribution in [0.15, 0.2) is 43.0 Å². The van der Waals surface area contributed by atoms with Gasteiger partial charge in [0, 0.05) is 6.42 Å². The van der Waals surface area contributed by atoms with Crippen molar-refractivity contribution in [2.24, 2.45) is 0 Å². The van der Waals surface area contributed by atoms with Crippen LogP contribution in [0.2, 0.25) is 0 Å². The number of nitrogens with zero attached hydrogens (tertiary/aromatic N) is 1. The molecule has 3 heteroatoms. The zero-order valence-electron chi connectivity index (χ0n) is 11.3. The lowest BCUT2D eigenvalue weighted by Crippen LogP contribution is -2.52. The fourth-order valence-electron chi connectivity index (χ4n) is 1.91. The lowest BCUT2D eigenvalue weighted by atomic mass is 9.89. The average Bonchev–Trinajstić information content (AvgIpc) is 2.37. The van der Waals surface area contributed by atoms with Gasteiger partial charge in [0.05, 0.1) is 6.61 Å². The molecule has 1 unspecified atom stereocenters. The summed E-state index contributed by atoms with van der Waals surface area (Å²) in [6, 6.07) is 9.88. The first-order chi connectivity index (χ1) is 8.56. The monoisotopic (exact) mass is 247 g/mol. The standard InChI is InChI=1S/C15H21NO2/c1-5-15(16(3)4,14(17)18-6-2)12-13-10-8-7-9-11-13/h5,7-11H,1,6,12H2,2-4H3. The number of likely N-dealkylation sites (N-methyl/N-ethyl adjacent to an activating group) is 1. The summed E-state index contributed by atoms with van der Waals surface area (Å²) >= 11 is 0. The van der Waals surface area contributed by atoms with E-state index in [2.05, 4.69) is 6.58 Å². The Morgan fingerprint density at radius 1 is 1.39 bits per heavy atom. The average molecular weight is 247 g/mol. The van der Waals surface area contributed by atoms with E-state index in [1.54, 1.807) is 6.08 Å². The van der Waals surface area contributed by atoms with Gasteiger partial charge in [-0.15, -0.1) is 6.58 Å². The molecule has 0 aliphatic heterocycles. The van der Waals surface area contributed by atoms with Crippen molar-refractivity contribution in [2.75, 3.05) is 20.7 Å². The van der Waals surface area contributed by atoms with E-state index in [0.29, 0.717) is 13.0 Å². The molecule has 0 heterocycles. The third kappa shape index (κ3) is 2.99. The Morgan fingerprint density at radius 2 is 2.00 bits per heavy atom. The first-order valence-electron chi connectivity index (χ1n) is 6.09. The molecule has 3 nitrogen and oxygen atoms in total. The summed E-state index contributed by atoms with van der Waals surface area (Å²) < 4.78 is 5.18. The molecule has 0 aliphatic rings. The highest BCUT2D eigenvalue weighted by Crippen LogP contribution is 2.22. The Kier molecular flexibility index (Phi) is 5.10. The van der Waals surface area contributed by atoms with Crippen molar-refractivity contribution in [3.63, 3.8) is 0 Å². The van der Waals surface area contributed by atoms with Gasteiger partial charge in [0.25, 0.3) is 0 Å². The van der Waals surface area contributed by atoms with Crippen molar-refractivity contribution >= 4 is 5.97 Å². The van der Waals surface area contributed by atoms with Crippen molar-refractivity contribution < 1.29 is 9.53 Å². The highest BCUT2D eigenvalue weighted by atomic mass is 16.5. The van der Waals surface area contributed by atoms with Gasteiger partial charge in [-0.3, -0.25) is 4.90 Å². The molecule has 1 rings (SSSR count). The van der Waals surface area contributed by atoms with Crippen LogP contribution in [0.3, 0.4) is 0 Å². The number of esters is 1. The summed E-state index contributed by atoms with van der Waals surface area (Å²) in [5, 5.41) is 0. The predicted octanol–water partition coefficient (Wildman–Crippen LogP) is 2.28. The van der Waals surface area contributed by atoms with E-state index in [1.807, 2.05) is 56.3 Å². The molecule has 18 heavy (non-hydrogen) atoms. The van der Waals surface area contributed by atoms with Gasteiger partial charge in [-0.05, 0) is 26.6 Å². The minimum atomic E-state index is -0.808. The van der Waals surface area contributed by atoms with E-state index >= 15 is 0 Å². The molecular formula is C15H21NO2. The Balaban J connectivity index is 3.04. The molecule has 1 aromatic rings. The summed E-state index contributed by atoms with van der Waals surface area (Å²) in [5.41, 5.74) is 0.274. The second-order valence-electron chi connectivity index (χ2n) is 4.41. The van der Waals surface area contributed by atoms with Crippen LogP contribution < -0.4 is 0 Å². The Bertz CT molecular complexity index is 400.